The Morgan fingerprint density at radius 1 is 1.22 bits per heavy atom. The summed E-state index contributed by atoms with van der Waals surface area (Å²) in [4.78, 5) is 0. The van der Waals surface area contributed by atoms with Crippen molar-refractivity contribution in [2.75, 3.05) is 13.2 Å². The highest BCUT2D eigenvalue weighted by molar-refractivity contribution is 9.10. The van der Waals surface area contributed by atoms with E-state index in [1.54, 1.807) is 6.08 Å². The first kappa shape index (κ1) is 15.0. The third kappa shape index (κ3) is 5.52. The molecule has 18 heavy (non-hydrogen) atoms. The Hall–Kier alpha value is -1.06. The molecule has 0 N–H and O–H groups in total. The van der Waals surface area contributed by atoms with Crippen LogP contribution in [0.5, 0.6) is 5.75 Å². The van der Waals surface area contributed by atoms with Crippen LogP contribution >= 0.6 is 15.9 Å². The highest BCUT2D eigenvalue weighted by Gasteiger charge is 2.00. The standard InChI is InChI=1S/C14H17BrO3/c1-3-16-14(17-4-2)10-7-11-18-13-9-6-5-8-12(13)15/h5-6,8-11,14H,3-4H2,1-2H3. The number of benzene rings is 1. The Morgan fingerprint density at radius 3 is 2.50 bits per heavy atom. The van der Waals surface area contributed by atoms with Gasteiger partial charge in [-0.25, -0.2) is 0 Å². The minimum absolute atomic E-state index is 0.376. The number of ether oxygens (including phenoxy) is 3. The highest BCUT2D eigenvalue weighted by atomic mass is 79.9. The highest BCUT2D eigenvalue weighted by Crippen LogP contribution is 2.23. The normalized spacial score (nSPS) is 10.0. The van der Waals surface area contributed by atoms with Crippen molar-refractivity contribution in [3.05, 3.63) is 46.8 Å². The first-order valence-corrected chi connectivity index (χ1v) is 6.62. The van der Waals surface area contributed by atoms with Crippen molar-refractivity contribution in [3.8, 4) is 5.75 Å². The molecule has 0 aliphatic heterocycles. The summed E-state index contributed by atoms with van der Waals surface area (Å²) in [7, 11) is 0. The van der Waals surface area contributed by atoms with Crippen LogP contribution in [0.3, 0.4) is 0 Å². The van der Waals surface area contributed by atoms with Crippen molar-refractivity contribution >= 4 is 15.9 Å². The number of halogens is 1. The monoisotopic (exact) mass is 312 g/mol. The molecule has 0 amide bonds. The quantitative estimate of drug-likeness (QED) is 0.434. The van der Waals surface area contributed by atoms with E-state index in [4.69, 9.17) is 14.2 Å². The Balaban J connectivity index is 2.55. The zero-order chi connectivity index (χ0) is 13.2. The molecule has 1 aromatic rings. The molecule has 0 aromatic heterocycles. The van der Waals surface area contributed by atoms with E-state index in [1.165, 1.54) is 6.26 Å². The Bertz CT molecular complexity index is 405. The maximum Gasteiger partial charge on any atom is 0.184 e. The number of para-hydroxylation sites is 1. The van der Waals surface area contributed by atoms with Crippen molar-refractivity contribution in [2.24, 2.45) is 0 Å². The maximum atomic E-state index is 5.42. The van der Waals surface area contributed by atoms with Gasteiger partial charge in [0.05, 0.1) is 4.47 Å². The molecule has 0 heterocycles. The predicted molar refractivity (Wildman–Crippen MR) is 74.5 cm³/mol. The van der Waals surface area contributed by atoms with Crippen LogP contribution in [0, 0.1) is 0 Å². The molecule has 1 rings (SSSR count). The van der Waals surface area contributed by atoms with Gasteiger partial charge in [0.1, 0.15) is 12.0 Å². The zero-order valence-electron chi connectivity index (χ0n) is 10.6. The van der Waals surface area contributed by atoms with Crippen LogP contribution in [-0.4, -0.2) is 19.5 Å². The average Bonchev–Trinajstić information content (AvgIpc) is 2.37. The lowest BCUT2D eigenvalue weighted by Gasteiger charge is -2.10. The molecular formula is C14H17BrO3. The molecule has 0 bridgehead atoms. The third-order valence-corrected chi connectivity index (χ3v) is 2.64. The smallest absolute Gasteiger partial charge is 0.184 e. The molecule has 0 fully saturated rings. The van der Waals surface area contributed by atoms with E-state index in [1.807, 2.05) is 38.1 Å². The van der Waals surface area contributed by atoms with Crippen LogP contribution < -0.4 is 4.74 Å². The second-order valence-corrected chi connectivity index (χ2v) is 4.13. The largest absolute Gasteiger partial charge is 0.456 e. The molecule has 0 unspecified atom stereocenters. The van der Waals surface area contributed by atoms with Gasteiger partial charge in [0.15, 0.2) is 6.29 Å². The Labute approximate surface area is 116 Å². The summed E-state index contributed by atoms with van der Waals surface area (Å²) in [5, 5.41) is 0. The number of hydrogen-bond acceptors (Lipinski definition) is 3. The maximum absolute atomic E-state index is 5.42. The van der Waals surface area contributed by atoms with Gasteiger partial charge in [-0.05, 0) is 41.9 Å². The molecule has 4 heteroatoms. The minimum atomic E-state index is -0.376. The van der Waals surface area contributed by atoms with E-state index < -0.39 is 0 Å². The van der Waals surface area contributed by atoms with Crippen molar-refractivity contribution < 1.29 is 14.2 Å². The SMILES string of the molecule is CCOC(C=C=COc1ccccc1Br)OCC. The lowest BCUT2D eigenvalue weighted by Crippen LogP contribution is -2.13. The molecule has 1 aromatic carbocycles. The van der Waals surface area contributed by atoms with Gasteiger partial charge in [0.2, 0.25) is 0 Å². The van der Waals surface area contributed by atoms with Crippen LogP contribution in [-0.2, 0) is 9.47 Å². The van der Waals surface area contributed by atoms with Gasteiger partial charge in [0.25, 0.3) is 0 Å². The molecule has 3 nitrogen and oxygen atoms in total. The molecule has 0 spiro atoms. The van der Waals surface area contributed by atoms with Gasteiger partial charge in [-0.15, -0.1) is 0 Å². The first-order valence-electron chi connectivity index (χ1n) is 5.83. The van der Waals surface area contributed by atoms with E-state index in [-0.39, 0.29) is 6.29 Å². The Kier molecular flexibility index (Phi) is 7.46. The number of rotatable bonds is 7. The van der Waals surface area contributed by atoms with Crippen molar-refractivity contribution in [1.82, 2.24) is 0 Å². The lowest BCUT2D eigenvalue weighted by molar-refractivity contribution is -0.103. The lowest BCUT2D eigenvalue weighted by atomic mass is 10.3. The predicted octanol–water partition coefficient (Wildman–Crippen LogP) is 3.90. The second-order valence-electron chi connectivity index (χ2n) is 3.28. The van der Waals surface area contributed by atoms with Gasteiger partial charge in [0, 0.05) is 19.3 Å². The second kappa shape index (κ2) is 8.95. The van der Waals surface area contributed by atoms with E-state index in [0.717, 1.165) is 10.2 Å². The van der Waals surface area contributed by atoms with Gasteiger partial charge >= 0.3 is 0 Å². The molecular weight excluding hydrogens is 296 g/mol. The summed E-state index contributed by atoms with van der Waals surface area (Å²) >= 11 is 3.39. The summed E-state index contributed by atoms with van der Waals surface area (Å²) < 4.78 is 17.0. The van der Waals surface area contributed by atoms with E-state index in [9.17, 15) is 0 Å². The van der Waals surface area contributed by atoms with Crippen LogP contribution in [0.1, 0.15) is 13.8 Å². The van der Waals surface area contributed by atoms with E-state index >= 15 is 0 Å². The van der Waals surface area contributed by atoms with Crippen molar-refractivity contribution in [3.63, 3.8) is 0 Å². The molecule has 0 atom stereocenters. The van der Waals surface area contributed by atoms with Gasteiger partial charge in [-0.3, -0.25) is 0 Å². The Morgan fingerprint density at radius 2 is 1.89 bits per heavy atom. The van der Waals surface area contributed by atoms with Crippen molar-refractivity contribution in [1.29, 1.82) is 0 Å². The van der Waals surface area contributed by atoms with Crippen LogP contribution in [0.25, 0.3) is 0 Å². The minimum Gasteiger partial charge on any atom is -0.456 e. The fourth-order valence-corrected chi connectivity index (χ4v) is 1.61. The molecule has 0 aliphatic rings. The molecule has 0 saturated heterocycles. The first-order chi connectivity index (χ1) is 8.77. The van der Waals surface area contributed by atoms with Gasteiger partial charge in [-0.2, -0.15) is 0 Å². The molecule has 0 aliphatic carbocycles. The topological polar surface area (TPSA) is 27.7 Å². The molecule has 0 saturated carbocycles. The van der Waals surface area contributed by atoms with E-state index in [0.29, 0.717) is 13.2 Å². The third-order valence-electron chi connectivity index (χ3n) is 1.98. The summed E-state index contributed by atoms with van der Waals surface area (Å²) in [5.41, 5.74) is 2.89. The van der Waals surface area contributed by atoms with Gasteiger partial charge < -0.3 is 14.2 Å². The van der Waals surface area contributed by atoms with Crippen LogP contribution in [0.4, 0.5) is 0 Å². The molecule has 98 valence electrons. The summed E-state index contributed by atoms with van der Waals surface area (Å²) in [6.45, 7) is 5.02. The fourth-order valence-electron chi connectivity index (χ4n) is 1.23. The van der Waals surface area contributed by atoms with Crippen LogP contribution in [0.15, 0.2) is 46.8 Å². The summed E-state index contributed by atoms with van der Waals surface area (Å²) in [6.07, 6.45) is 2.79. The number of hydrogen-bond donors (Lipinski definition) is 0. The van der Waals surface area contributed by atoms with E-state index in [2.05, 4.69) is 21.7 Å². The molecule has 0 radical (unpaired) electrons. The van der Waals surface area contributed by atoms with Gasteiger partial charge in [-0.1, -0.05) is 17.9 Å². The van der Waals surface area contributed by atoms with Crippen LogP contribution in [0.2, 0.25) is 0 Å². The average molecular weight is 313 g/mol. The zero-order valence-corrected chi connectivity index (χ0v) is 12.1. The summed E-state index contributed by atoms with van der Waals surface area (Å²) in [6, 6.07) is 7.61. The van der Waals surface area contributed by atoms with Crippen molar-refractivity contribution in [2.45, 2.75) is 20.1 Å². The fraction of sp³-hybridized carbons (Fsp3) is 0.357. The summed E-state index contributed by atoms with van der Waals surface area (Å²) in [5.74, 6) is 0.739.